The van der Waals surface area contributed by atoms with Crippen LogP contribution in [0.1, 0.15) is 13.8 Å². The van der Waals surface area contributed by atoms with E-state index in [1.165, 1.54) is 4.91 Å². The minimum atomic E-state index is 0.783. The second kappa shape index (κ2) is 9.48. The van der Waals surface area contributed by atoms with Gasteiger partial charge in [-0.05, 0) is 19.3 Å². The lowest BCUT2D eigenvalue weighted by atomic mass is 10.5. The van der Waals surface area contributed by atoms with Crippen LogP contribution in [0.2, 0.25) is 0 Å². The maximum Gasteiger partial charge on any atom is 0.0653 e. The van der Waals surface area contributed by atoms with Crippen molar-refractivity contribution in [2.24, 2.45) is 0 Å². The van der Waals surface area contributed by atoms with Crippen molar-refractivity contribution < 1.29 is 0 Å². The lowest BCUT2D eigenvalue weighted by Crippen LogP contribution is -2.13. The smallest absolute Gasteiger partial charge is 0.0653 e. The first kappa shape index (κ1) is 15.3. The van der Waals surface area contributed by atoms with Crippen molar-refractivity contribution in [2.45, 2.75) is 13.8 Å². The van der Waals surface area contributed by atoms with Crippen LogP contribution in [0.4, 0.5) is 0 Å². The predicted octanol–water partition coefficient (Wildman–Crippen LogP) is 3.64. The Balaban J connectivity index is 3.97. The third kappa shape index (κ3) is 7.54. The molecule has 0 saturated carbocycles. The molecule has 0 aromatic rings. The minimum Gasteiger partial charge on any atom is -0.383 e. The van der Waals surface area contributed by atoms with Crippen LogP contribution in [0.3, 0.4) is 0 Å². The highest BCUT2D eigenvalue weighted by Crippen LogP contribution is 2.21. The molecule has 0 spiro atoms. The van der Waals surface area contributed by atoms with E-state index in [4.69, 9.17) is 0 Å². The molecule has 0 bridgehead atoms. The summed E-state index contributed by atoms with van der Waals surface area (Å²) in [6, 6.07) is 0. The van der Waals surface area contributed by atoms with Crippen molar-refractivity contribution in [3.63, 3.8) is 0 Å². The lowest BCUT2D eigenvalue weighted by Gasteiger charge is -2.11. The van der Waals surface area contributed by atoms with Gasteiger partial charge in [0.15, 0.2) is 0 Å². The van der Waals surface area contributed by atoms with E-state index < -0.39 is 0 Å². The molecule has 0 unspecified atom stereocenters. The molecule has 0 rings (SSSR count). The van der Waals surface area contributed by atoms with E-state index in [0.29, 0.717) is 0 Å². The Morgan fingerprint density at radius 3 is 2.44 bits per heavy atom. The summed E-state index contributed by atoms with van der Waals surface area (Å²) in [6.45, 7) is 12.6. The summed E-state index contributed by atoms with van der Waals surface area (Å²) in [6.07, 6.45) is 4.07. The zero-order valence-electron chi connectivity index (χ0n) is 10.2. The summed E-state index contributed by atoms with van der Waals surface area (Å²) in [7, 11) is 1.87. The summed E-state index contributed by atoms with van der Waals surface area (Å²) >= 11 is 3.23. The van der Waals surface area contributed by atoms with E-state index in [9.17, 15) is 0 Å². The highest BCUT2D eigenvalue weighted by Gasteiger charge is 2.00. The van der Waals surface area contributed by atoms with Crippen LogP contribution < -0.4 is 10.6 Å². The van der Waals surface area contributed by atoms with Crippen molar-refractivity contribution in [1.29, 1.82) is 0 Å². The number of allylic oxidation sites excluding steroid dienone is 2. The van der Waals surface area contributed by atoms with Gasteiger partial charge in [-0.15, -0.1) is 0 Å². The van der Waals surface area contributed by atoms with Crippen LogP contribution in [-0.2, 0) is 0 Å². The highest BCUT2D eigenvalue weighted by atomic mass is 32.2. The fourth-order valence-electron chi connectivity index (χ4n) is 0.784. The molecule has 0 aliphatic rings. The van der Waals surface area contributed by atoms with E-state index in [-0.39, 0.29) is 0 Å². The van der Waals surface area contributed by atoms with Gasteiger partial charge in [0.25, 0.3) is 0 Å². The van der Waals surface area contributed by atoms with E-state index in [1.54, 1.807) is 23.5 Å². The predicted molar refractivity (Wildman–Crippen MR) is 79.1 cm³/mol. The Morgan fingerprint density at radius 1 is 1.25 bits per heavy atom. The van der Waals surface area contributed by atoms with E-state index in [2.05, 4.69) is 29.9 Å². The summed E-state index contributed by atoms with van der Waals surface area (Å²) in [5.74, 6) is 0. The molecule has 0 aliphatic heterocycles. The fourth-order valence-corrected chi connectivity index (χ4v) is 1.92. The molecular formula is C12H20N2S2. The van der Waals surface area contributed by atoms with Crippen molar-refractivity contribution in [3.8, 4) is 0 Å². The van der Waals surface area contributed by atoms with Gasteiger partial charge in [-0.25, -0.2) is 0 Å². The van der Waals surface area contributed by atoms with Gasteiger partial charge in [-0.1, -0.05) is 48.8 Å². The van der Waals surface area contributed by atoms with Crippen LogP contribution >= 0.6 is 23.5 Å². The second-order valence-electron chi connectivity index (χ2n) is 2.89. The van der Waals surface area contributed by atoms with Gasteiger partial charge in [0.2, 0.25) is 0 Å². The summed E-state index contributed by atoms with van der Waals surface area (Å²) < 4.78 is 0. The van der Waals surface area contributed by atoms with E-state index >= 15 is 0 Å². The Bertz CT molecular complexity index is 293. The highest BCUT2D eigenvalue weighted by molar-refractivity contribution is 8.06. The zero-order valence-corrected chi connectivity index (χ0v) is 11.8. The van der Waals surface area contributed by atoms with E-state index in [1.807, 2.05) is 32.4 Å². The molecule has 0 radical (unpaired) electrons. The molecule has 4 heteroatoms. The zero-order chi connectivity index (χ0) is 12.4. The quantitative estimate of drug-likeness (QED) is 0.692. The number of thioether (sulfide) groups is 2. The standard InChI is InChI=1S/C12H20N2S2/c1-6-8-15-11(4)14-9-12(7-2)16-10(3)13-5/h6-8,13-14H,3-4,9H2,1-2,5H3/b8-6-,12-7-. The summed E-state index contributed by atoms with van der Waals surface area (Å²) in [4.78, 5) is 1.22. The van der Waals surface area contributed by atoms with E-state index in [0.717, 1.165) is 16.6 Å². The normalized spacial score (nSPS) is 11.6. The van der Waals surface area contributed by atoms with Crippen LogP contribution in [0.25, 0.3) is 0 Å². The first-order chi connectivity index (χ1) is 7.63. The number of hydrogen-bond acceptors (Lipinski definition) is 4. The monoisotopic (exact) mass is 256 g/mol. The topological polar surface area (TPSA) is 24.1 Å². The summed E-state index contributed by atoms with van der Waals surface area (Å²) in [5, 5.41) is 10.2. The molecule has 0 heterocycles. The molecule has 2 nitrogen and oxygen atoms in total. The van der Waals surface area contributed by atoms with Gasteiger partial charge in [-0.3, -0.25) is 0 Å². The maximum absolute atomic E-state index is 3.92. The Labute approximate surface area is 107 Å². The van der Waals surface area contributed by atoms with Crippen LogP contribution in [-0.4, -0.2) is 13.6 Å². The Kier molecular flexibility index (Phi) is 9.04. The van der Waals surface area contributed by atoms with Gasteiger partial charge in [0, 0.05) is 18.5 Å². The Morgan fingerprint density at radius 2 is 1.94 bits per heavy atom. The lowest BCUT2D eigenvalue weighted by molar-refractivity contribution is 0.960. The van der Waals surface area contributed by atoms with Gasteiger partial charge in [-0.2, -0.15) is 0 Å². The first-order valence-electron chi connectivity index (χ1n) is 5.04. The van der Waals surface area contributed by atoms with Gasteiger partial charge >= 0.3 is 0 Å². The van der Waals surface area contributed by atoms with Crippen LogP contribution in [0.5, 0.6) is 0 Å². The van der Waals surface area contributed by atoms with Crippen LogP contribution in [0.15, 0.2) is 45.7 Å². The molecule has 0 amide bonds. The Hall–Kier alpha value is -0.740. The molecule has 0 aliphatic carbocycles. The number of hydrogen-bond donors (Lipinski definition) is 2. The minimum absolute atomic E-state index is 0.783. The molecule has 0 fully saturated rings. The van der Waals surface area contributed by atoms with Crippen molar-refractivity contribution in [2.75, 3.05) is 13.6 Å². The largest absolute Gasteiger partial charge is 0.383 e. The van der Waals surface area contributed by atoms with Crippen molar-refractivity contribution in [1.82, 2.24) is 10.6 Å². The molecule has 0 aromatic heterocycles. The molecular weight excluding hydrogens is 236 g/mol. The average Bonchev–Trinajstić information content (AvgIpc) is 2.31. The fraction of sp³-hybridized carbons (Fsp3) is 0.333. The molecule has 0 atom stereocenters. The average molecular weight is 256 g/mol. The molecule has 16 heavy (non-hydrogen) atoms. The molecule has 90 valence electrons. The number of rotatable bonds is 8. The first-order valence-corrected chi connectivity index (χ1v) is 6.74. The van der Waals surface area contributed by atoms with Gasteiger partial charge < -0.3 is 10.6 Å². The third-order valence-corrected chi connectivity index (χ3v) is 3.59. The van der Waals surface area contributed by atoms with Crippen LogP contribution in [0, 0.1) is 0 Å². The SMILES string of the molecule is C=C(NC/C(=C/C)SC(=C)NC)S/C=C\C. The van der Waals surface area contributed by atoms with Gasteiger partial charge in [0.1, 0.15) is 0 Å². The molecule has 0 aromatic carbocycles. The summed E-state index contributed by atoms with van der Waals surface area (Å²) in [5.41, 5.74) is 0. The third-order valence-electron chi connectivity index (χ3n) is 1.66. The van der Waals surface area contributed by atoms with Crippen molar-refractivity contribution in [3.05, 3.63) is 45.7 Å². The second-order valence-corrected chi connectivity index (χ2v) is 5.12. The number of nitrogens with one attached hydrogen (secondary N) is 2. The maximum atomic E-state index is 3.92. The van der Waals surface area contributed by atoms with Gasteiger partial charge in [0.05, 0.1) is 10.1 Å². The molecule has 0 saturated heterocycles. The van der Waals surface area contributed by atoms with Crippen molar-refractivity contribution >= 4 is 23.5 Å². The molecule has 2 N–H and O–H groups in total.